The smallest absolute Gasteiger partial charge is 0.191 e. The first-order valence-electron chi connectivity index (χ1n) is 6.51. The molecule has 3 nitrogen and oxygen atoms in total. The lowest BCUT2D eigenvalue weighted by Crippen LogP contribution is -2.38. The van der Waals surface area contributed by atoms with Gasteiger partial charge >= 0.3 is 0 Å². The molecular formula is C14H22ClN3S. The van der Waals surface area contributed by atoms with Gasteiger partial charge in [0.05, 0.1) is 6.54 Å². The summed E-state index contributed by atoms with van der Waals surface area (Å²) in [5, 5.41) is 7.37. The fraction of sp³-hybridized carbons (Fsp3) is 0.500. The Kier molecular flexibility index (Phi) is 8.50. The van der Waals surface area contributed by atoms with Crippen LogP contribution in [0.1, 0.15) is 12.5 Å². The zero-order valence-electron chi connectivity index (χ0n) is 11.6. The second-order valence-corrected chi connectivity index (χ2v) is 5.48. The highest BCUT2D eigenvalue weighted by molar-refractivity contribution is 7.98. The van der Waals surface area contributed by atoms with E-state index in [1.807, 2.05) is 23.9 Å². The maximum Gasteiger partial charge on any atom is 0.191 e. The third-order valence-electron chi connectivity index (χ3n) is 2.53. The zero-order chi connectivity index (χ0) is 13.9. The fourth-order valence-corrected chi connectivity index (χ4v) is 1.97. The SMILES string of the molecule is CCNC(=NCCSC)NCCc1ccc(Cl)cc1. The summed E-state index contributed by atoms with van der Waals surface area (Å²) in [7, 11) is 0. The highest BCUT2D eigenvalue weighted by Gasteiger charge is 1.97. The van der Waals surface area contributed by atoms with Crippen LogP contribution in [-0.2, 0) is 6.42 Å². The molecule has 0 saturated heterocycles. The minimum Gasteiger partial charge on any atom is -0.357 e. The Labute approximate surface area is 125 Å². The first-order valence-corrected chi connectivity index (χ1v) is 8.29. The van der Waals surface area contributed by atoms with E-state index in [0.717, 1.165) is 42.8 Å². The van der Waals surface area contributed by atoms with E-state index in [2.05, 4.69) is 40.9 Å². The molecule has 0 spiro atoms. The van der Waals surface area contributed by atoms with Gasteiger partial charge in [0.2, 0.25) is 0 Å². The van der Waals surface area contributed by atoms with E-state index in [1.54, 1.807) is 0 Å². The Balaban J connectivity index is 2.34. The van der Waals surface area contributed by atoms with Gasteiger partial charge in [-0.2, -0.15) is 11.8 Å². The third-order valence-corrected chi connectivity index (χ3v) is 3.37. The zero-order valence-corrected chi connectivity index (χ0v) is 13.2. The van der Waals surface area contributed by atoms with Crippen LogP contribution < -0.4 is 10.6 Å². The molecule has 2 N–H and O–H groups in total. The Morgan fingerprint density at radius 2 is 2.00 bits per heavy atom. The van der Waals surface area contributed by atoms with Crippen molar-refractivity contribution in [2.75, 3.05) is 31.6 Å². The average molecular weight is 300 g/mol. The molecule has 0 unspecified atom stereocenters. The van der Waals surface area contributed by atoms with Crippen molar-refractivity contribution in [2.45, 2.75) is 13.3 Å². The number of benzene rings is 1. The standard InChI is InChI=1S/C14H22ClN3S/c1-3-16-14(18-10-11-19-2)17-9-8-12-4-6-13(15)7-5-12/h4-7H,3,8-11H2,1-2H3,(H2,16,17,18). The van der Waals surface area contributed by atoms with Gasteiger partial charge in [0.1, 0.15) is 0 Å². The lowest BCUT2D eigenvalue weighted by molar-refractivity contribution is 0.804. The number of hydrogen-bond donors (Lipinski definition) is 2. The van der Waals surface area contributed by atoms with E-state index in [4.69, 9.17) is 11.6 Å². The largest absolute Gasteiger partial charge is 0.357 e. The highest BCUT2D eigenvalue weighted by atomic mass is 35.5. The average Bonchev–Trinajstić information content (AvgIpc) is 2.41. The molecule has 0 aliphatic rings. The van der Waals surface area contributed by atoms with Crippen molar-refractivity contribution < 1.29 is 0 Å². The van der Waals surface area contributed by atoms with Gasteiger partial charge in [-0.3, -0.25) is 4.99 Å². The molecule has 0 aromatic heterocycles. The van der Waals surface area contributed by atoms with Crippen molar-refractivity contribution in [2.24, 2.45) is 4.99 Å². The van der Waals surface area contributed by atoms with Crippen LogP contribution in [0.3, 0.4) is 0 Å². The van der Waals surface area contributed by atoms with E-state index in [9.17, 15) is 0 Å². The summed E-state index contributed by atoms with van der Waals surface area (Å²) < 4.78 is 0. The minimum absolute atomic E-state index is 0.781. The van der Waals surface area contributed by atoms with Crippen LogP contribution in [-0.4, -0.2) is 37.6 Å². The first kappa shape index (κ1) is 16.2. The van der Waals surface area contributed by atoms with Crippen molar-refractivity contribution in [1.29, 1.82) is 0 Å². The second kappa shape index (κ2) is 9.98. The van der Waals surface area contributed by atoms with Crippen LogP contribution in [0, 0.1) is 0 Å². The van der Waals surface area contributed by atoms with Crippen LogP contribution in [0.2, 0.25) is 5.02 Å². The summed E-state index contributed by atoms with van der Waals surface area (Å²) in [5.41, 5.74) is 1.27. The van der Waals surface area contributed by atoms with Crippen molar-refractivity contribution in [3.05, 3.63) is 34.9 Å². The number of hydrogen-bond acceptors (Lipinski definition) is 2. The lowest BCUT2D eigenvalue weighted by Gasteiger charge is -2.11. The van der Waals surface area contributed by atoms with Crippen molar-refractivity contribution in [3.63, 3.8) is 0 Å². The summed E-state index contributed by atoms with van der Waals surface area (Å²) in [6.07, 6.45) is 3.06. The third kappa shape index (κ3) is 7.33. The molecule has 1 aromatic carbocycles. The van der Waals surface area contributed by atoms with E-state index in [0.29, 0.717) is 0 Å². The molecule has 0 fully saturated rings. The monoisotopic (exact) mass is 299 g/mol. The molecular weight excluding hydrogens is 278 g/mol. The summed E-state index contributed by atoms with van der Waals surface area (Å²) in [5.74, 6) is 1.94. The predicted molar refractivity (Wildman–Crippen MR) is 87.5 cm³/mol. The number of aliphatic imine (C=N–C) groups is 1. The number of nitrogens with one attached hydrogen (secondary N) is 2. The molecule has 0 heterocycles. The summed E-state index contributed by atoms with van der Waals surface area (Å²) in [6, 6.07) is 7.97. The summed E-state index contributed by atoms with van der Waals surface area (Å²) >= 11 is 7.67. The number of halogens is 1. The van der Waals surface area contributed by atoms with Crippen molar-refractivity contribution in [1.82, 2.24) is 10.6 Å². The number of rotatable bonds is 7. The van der Waals surface area contributed by atoms with Gasteiger partial charge < -0.3 is 10.6 Å². The first-order chi connectivity index (χ1) is 9.26. The molecule has 0 amide bonds. The predicted octanol–water partition coefficient (Wildman–Crippen LogP) is 2.80. The second-order valence-electron chi connectivity index (χ2n) is 4.06. The van der Waals surface area contributed by atoms with Crippen LogP contribution >= 0.6 is 23.4 Å². The topological polar surface area (TPSA) is 36.4 Å². The van der Waals surface area contributed by atoms with E-state index < -0.39 is 0 Å². The van der Waals surface area contributed by atoms with Gasteiger partial charge in [-0.1, -0.05) is 23.7 Å². The Hall–Kier alpha value is -0.870. The van der Waals surface area contributed by atoms with Crippen LogP contribution in [0.25, 0.3) is 0 Å². The van der Waals surface area contributed by atoms with Crippen molar-refractivity contribution in [3.8, 4) is 0 Å². The number of thioether (sulfide) groups is 1. The van der Waals surface area contributed by atoms with Gasteiger partial charge in [-0.25, -0.2) is 0 Å². The Bertz CT molecular complexity index is 379. The molecule has 1 aromatic rings. The van der Waals surface area contributed by atoms with E-state index >= 15 is 0 Å². The van der Waals surface area contributed by atoms with Crippen LogP contribution in [0.5, 0.6) is 0 Å². The van der Waals surface area contributed by atoms with Gasteiger partial charge in [0.25, 0.3) is 0 Å². The van der Waals surface area contributed by atoms with Gasteiger partial charge in [0.15, 0.2) is 5.96 Å². The van der Waals surface area contributed by atoms with E-state index in [-0.39, 0.29) is 0 Å². The Morgan fingerprint density at radius 1 is 1.26 bits per heavy atom. The lowest BCUT2D eigenvalue weighted by atomic mass is 10.1. The summed E-state index contributed by atoms with van der Waals surface area (Å²) in [4.78, 5) is 4.50. The number of nitrogens with zero attached hydrogens (tertiary/aromatic N) is 1. The summed E-state index contributed by atoms with van der Waals surface area (Å²) in [6.45, 7) is 4.67. The van der Waals surface area contributed by atoms with Crippen molar-refractivity contribution >= 4 is 29.3 Å². The molecule has 19 heavy (non-hydrogen) atoms. The van der Waals surface area contributed by atoms with Crippen LogP contribution in [0.4, 0.5) is 0 Å². The molecule has 0 aliphatic carbocycles. The van der Waals surface area contributed by atoms with E-state index in [1.165, 1.54) is 5.56 Å². The molecule has 0 aliphatic heterocycles. The molecule has 106 valence electrons. The van der Waals surface area contributed by atoms with Gasteiger partial charge in [0, 0.05) is 23.9 Å². The van der Waals surface area contributed by atoms with Gasteiger partial charge in [-0.05, 0) is 37.3 Å². The maximum absolute atomic E-state index is 5.86. The molecule has 5 heteroatoms. The minimum atomic E-state index is 0.781. The molecule has 0 saturated carbocycles. The molecule has 0 atom stereocenters. The van der Waals surface area contributed by atoms with Gasteiger partial charge in [-0.15, -0.1) is 0 Å². The number of guanidine groups is 1. The quantitative estimate of drug-likeness (QED) is 0.462. The van der Waals surface area contributed by atoms with Crippen LogP contribution in [0.15, 0.2) is 29.3 Å². The molecule has 0 radical (unpaired) electrons. The normalized spacial score (nSPS) is 11.4. The maximum atomic E-state index is 5.86. The Morgan fingerprint density at radius 3 is 2.63 bits per heavy atom. The fourth-order valence-electron chi connectivity index (χ4n) is 1.57. The molecule has 1 rings (SSSR count). The molecule has 0 bridgehead atoms. The highest BCUT2D eigenvalue weighted by Crippen LogP contribution is 2.09.